The Kier molecular flexibility index (Phi) is 3.50. The minimum absolute atomic E-state index is 0.157. The number of carbonyl (C=O) groups excluding carboxylic acids is 1. The monoisotopic (exact) mass is 263 g/mol. The molecule has 4 nitrogen and oxygen atoms in total. The van der Waals surface area contributed by atoms with Crippen molar-refractivity contribution in [2.24, 2.45) is 10.9 Å². The lowest BCUT2D eigenvalue weighted by Crippen LogP contribution is -2.46. The van der Waals surface area contributed by atoms with Crippen LogP contribution < -0.4 is 10.6 Å². The molecule has 2 saturated carbocycles. The van der Waals surface area contributed by atoms with E-state index in [9.17, 15) is 4.79 Å². The maximum absolute atomic E-state index is 12.3. The zero-order chi connectivity index (χ0) is 13.3. The third kappa shape index (κ3) is 2.77. The van der Waals surface area contributed by atoms with Crippen LogP contribution in [0.1, 0.15) is 64.7 Å². The van der Waals surface area contributed by atoms with Gasteiger partial charge in [0.2, 0.25) is 0 Å². The first kappa shape index (κ1) is 12.9. The molecular formula is C15H25N3O. The number of rotatable bonds is 3. The second-order valence-electron chi connectivity index (χ2n) is 6.46. The Morgan fingerprint density at radius 3 is 2.84 bits per heavy atom. The van der Waals surface area contributed by atoms with Gasteiger partial charge >= 0.3 is 0 Å². The second kappa shape index (κ2) is 5.14. The van der Waals surface area contributed by atoms with E-state index in [2.05, 4.69) is 22.5 Å². The van der Waals surface area contributed by atoms with Crippen molar-refractivity contribution in [1.29, 1.82) is 0 Å². The highest BCUT2D eigenvalue weighted by Crippen LogP contribution is 2.34. The third-order valence-corrected chi connectivity index (χ3v) is 4.78. The Labute approximate surface area is 115 Å². The molecule has 1 saturated heterocycles. The summed E-state index contributed by atoms with van der Waals surface area (Å²) < 4.78 is 0. The van der Waals surface area contributed by atoms with Gasteiger partial charge in [-0.15, -0.1) is 0 Å². The lowest BCUT2D eigenvalue weighted by atomic mass is 9.89. The fraction of sp³-hybridized carbons (Fsp3) is 0.867. The Hall–Kier alpha value is -1.06. The second-order valence-corrected chi connectivity index (χ2v) is 6.46. The molecule has 3 aliphatic rings. The molecule has 2 N–H and O–H groups in total. The summed E-state index contributed by atoms with van der Waals surface area (Å²) in [5.41, 5.74) is -0.351. The number of hydrogen-bond donors (Lipinski definition) is 2. The molecule has 19 heavy (non-hydrogen) atoms. The normalized spacial score (nSPS) is 37.2. The van der Waals surface area contributed by atoms with Gasteiger partial charge < -0.3 is 5.32 Å². The SMILES string of the molecule is CCCC1CCCC2(CC1)NC(=NC1CC1)NC2=O. The van der Waals surface area contributed by atoms with E-state index in [0.29, 0.717) is 6.04 Å². The fourth-order valence-corrected chi connectivity index (χ4v) is 3.45. The van der Waals surface area contributed by atoms with Crippen molar-refractivity contribution in [3.8, 4) is 0 Å². The van der Waals surface area contributed by atoms with E-state index in [0.717, 1.165) is 31.1 Å². The number of guanidine groups is 1. The largest absolute Gasteiger partial charge is 0.342 e. The van der Waals surface area contributed by atoms with Gasteiger partial charge in [-0.05, 0) is 38.0 Å². The zero-order valence-corrected chi connectivity index (χ0v) is 11.9. The van der Waals surface area contributed by atoms with Crippen LogP contribution in [0.3, 0.4) is 0 Å². The van der Waals surface area contributed by atoms with Crippen molar-refractivity contribution in [3.63, 3.8) is 0 Å². The minimum Gasteiger partial charge on any atom is -0.342 e. The quantitative estimate of drug-likeness (QED) is 0.821. The van der Waals surface area contributed by atoms with Crippen LogP contribution in [0.5, 0.6) is 0 Å². The molecule has 3 rings (SSSR count). The Morgan fingerprint density at radius 2 is 2.11 bits per heavy atom. The number of hydrogen-bond acceptors (Lipinski definition) is 2. The van der Waals surface area contributed by atoms with Crippen LogP contribution in [-0.4, -0.2) is 23.4 Å². The van der Waals surface area contributed by atoms with Gasteiger partial charge in [0.15, 0.2) is 5.96 Å². The molecule has 0 radical (unpaired) electrons. The minimum atomic E-state index is -0.351. The highest BCUT2D eigenvalue weighted by Gasteiger charge is 2.46. The first-order valence-electron chi connectivity index (χ1n) is 7.89. The van der Waals surface area contributed by atoms with E-state index in [4.69, 9.17) is 0 Å². The molecule has 2 unspecified atom stereocenters. The molecule has 0 aromatic carbocycles. The van der Waals surface area contributed by atoms with Crippen LogP contribution >= 0.6 is 0 Å². The molecule has 1 aliphatic heterocycles. The highest BCUT2D eigenvalue weighted by molar-refractivity contribution is 6.09. The Balaban J connectivity index is 1.67. The molecule has 1 amide bonds. The van der Waals surface area contributed by atoms with Crippen molar-refractivity contribution >= 4 is 11.9 Å². The van der Waals surface area contributed by atoms with Gasteiger partial charge in [-0.2, -0.15) is 0 Å². The lowest BCUT2D eigenvalue weighted by Gasteiger charge is -2.24. The van der Waals surface area contributed by atoms with Gasteiger partial charge in [0.25, 0.3) is 5.91 Å². The lowest BCUT2D eigenvalue weighted by molar-refractivity contribution is -0.124. The van der Waals surface area contributed by atoms with Gasteiger partial charge in [0.1, 0.15) is 5.54 Å². The average Bonchev–Trinajstić information content (AvgIpc) is 3.14. The third-order valence-electron chi connectivity index (χ3n) is 4.78. The summed E-state index contributed by atoms with van der Waals surface area (Å²) in [7, 11) is 0. The van der Waals surface area contributed by atoms with E-state index in [-0.39, 0.29) is 11.4 Å². The van der Waals surface area contributed by atoms with E-state index in [1.54, 1.807) is 0 Å². The zero-order valence-electron chi connectivity index (χ0n) is 11.9. The smallest absolute Gasteiger partial charge is 0.252 e. The average molecular weight is 263 g/mol. The standard InChI is InChI=1S/C15H25N3O/c1-2-4-11-5-3-9-15(10-8-11)13(19)17-14(18-15)16-12-6-7-12/h11-12H,2-10H2,1H3,(H2,16,17,18,19). The van der Waals surface area contributed by atoms with E-state index >= 15 is 0 Å². The summed E-state index contributed by atoms with van der Waals surface area (Å²) >= 11 is 0. The van der Waals surface area contributed by atoms with Crippen LogP contribution in [0.15, 0.2) is 4.99 Å². The van der Waals surface area contributed by atoms with E-state index < -0.39 is 0 Å². The van der Waals surface area contributed by atoms with Crippen molar-refractivity contribution in [2.75, 3.05) is 0 Å². The molecule has 1 spiro atoms. The van der Waals surface area contributed by atoms with E-state index in [1.807, 2.05) is 0 Å². The fourth-order valence-electron chi connectivity index (χ4n) is 3.45. The number of carbonyl (C=O) groups is 1. The molecule has 0 aromatic rings. The van der Waals surface area contributed by atoms with Crippen molar-refractivity contribution in [3.05, 3.63) is 0 Å². The molecule has 3 fully saturated rings. The van der Waals surface area contributed by atoms with Crippen LogP contribution in [0, 0.1) is 5.92 Å². The summed E-state index contributed by atoms with van der Waals surface area (Å²) in [4.78, 5) is 16.9. The van der Waals surface area contributed by atoms with Crippen LogP contribution in [-0.2, 0) is 4.79 Å². The predicted molar refractivity (Wildman–Crippen MR) is 75.9 cm³/mol. The van der Waals surface area contributed by atoms with Crippen LogP contribution in [0.4, 0.5) is 0 Å². The van der Waals surface area contributed by atoms with Gasteiger partial charge in [-0.25, -0.2) is 4.99 Å². The van der Waals surface area contributed by atoms with Crippen molar-refractivity contribution in [2.45, 2.75) is 76.3 Å². The summed E-state index contributed by atoms with van der Waals surface area (Å²) in [6.07, 6.45) is 10.4. The van der Waals surface area contributed by atoms with Crippen molar-refractivity contribution < 1.29 is 4.79 Å². The number of amides is 1. The molecular weight excluding hydrogens is 238 g/mol. The Bertz CT molecular complexity index is 389. The topological polar surface area (TPSA) is 53.5 Å². The van der Waals surface area contributed by atoms with E-state index in [1.165, 1.54) is 38.5 Å². The molecule has 4 heteroatoms. The molecule has 2 atom stereocenters. The molecule has 1 heterocycles. The molecule has 0 aromatic heterocycles. The van der Waals surface area contributed by atoms with Gasteiger partial charge in [0, 0.05) is 0 Å². The van der Waals surface area contributed by atoms with Gasteiger partial charge in [0.05, 0.1) is 6.04 Å². The Morgan fingerprint density at radius 1 is 1.26 bits per heavy atom. The first-order chi connectivity index (χ1) is 9.22. The van der Waals surface area contributed by atoms with Crippen molar-refractivity contribution in [1.82, 2.24) is 10.6 Å². The predicted octanol–water partition coefficient (Wildman–Crippen LogP) is 2.34. The van der Waals surface area contributed by atoms with Crippen LogP contribution in [0.25, 0.3) is 0 Å². The summed E-state index contributed by atoms with van der Waals surface area (Å²) in [6, 6.07) is 0.455. The highest BCUT2D eigenvalue weighted by atomic mass is 16.2. The first-order valence-corrected chi connectivity index (χ1v) is 7.89. The summed E-state index contributed by atoms with van der Waals surface area (Å²) in [5, 5.41) is 6.38. The summed E-state index contributed by atoms with van der Waals surface area (Å²) in [5.74, 6) is 1.70. The van der Waals surface area contributed by atoms with Gasteiger partial charge in [-0.1, -0.05) is 32.6 Å². The maximum Gasteiger partial charge on any atom is 0.252 e. The number of nitrogens with zero attached hydrogens (tertiary/aromatic N) is 1. The molecule has 106 valence electrons. The van der Waals surface area contributed by atoms with Crippen LogP contribution in [0.2, 0.25) is 0 Å². The number of aliphatic imine (C=N–C) groups is 1. The molecule has 2 aliphatic carbocycles. The molecule has 0 bridgehead atoms. The van der Waals surface area contributed by atoms with Gasteiger partial charge in [-0.3, -0.25) is 10.1 Å². The number of nitrogens with one attached hydrogen (secondary N) is 2. The summed E-state index contributed by atoms with van der Waals surface area (Å²) in [6.45, 7) is 2.25. The maximum atomic E-state index is 12.3.